The van der Waals surface area contributed by atoms with Crippen LogP contribution in [0, 0.1) is 0 Å². The Morgan fingerprint density at radius 1 is 1.31 bits per heavy atom. The maximum absolute atomic E-state index is 11.9. The van der Waals surface area contributed by atoms with Gasteiger partial charge in [-0.3, -0.25) is 9.59 Å². The van der Waals surface area contributed by atoms with Crippen LogP contribution in [0.25, 0.3) is 0 Å². The van der Waals surface area contributed by atoms with Crippen molar-refractivity contribution in [2.75, 3.05) is 6.54 Å². The summed E-state index contributed by atoms with van der Waals surface area (Å²) in [6.45, 7) is 2.37. The molecule has 1 aliphatic carbocycles. The SMILES string of the molecule is CC(=O)SC1CC(=O)N(C2CCCCC2)C1. The lowest BCUT2D eigenvalue weighted by Crippen LogP contribution is -2.38. The molecule has 0 aromatic carbocycles. The quantitative estimate of drug-likeness (QED) is 0.744. The van der Waals surface area contributed by atoms with Crippen molar-refractivity contribution in [2.45, 2.75) is 56.7 Å². The second-order valence-corrected chi connectivity index (χ2v) is 6.25. The number of rotatable bonds is 2. The third-order valence-electron chi connectivity index (χ3n) is 3.47. The number of carbonyl (C=O) groups excluding carboxylic acids is 2. The second-order valence-electron chi connectivity index (χ2n) is 4.77. The fraction of sp³-hybridized carbons (Fsp3) is 0.833. The van der Waals surface area contributed by atoms with Crippen LogP contribution in [0.3, 0.4) is 0 Å². The number of nitrogens with zero attached hydrogens (tertiary/aromatic N) is 1. The van der Waals surface area contributed by atoms with Gasteiger partial charge in [0.25, 0.3) is 0 Å². The Kier molecular flexibility index (Phi) is 3.90. The fourth-order valence-electron chi connectivity index (χ4n) is 2.76. The summed E-state index contributed by atoms with van der Waals surface area (Å²) in [6, 6.07) is 0.457. The molecule has 2 aliphatic rings. The third kappa shape index (κ3) is 2.78. The Balaban J connectivity index is 1.90. The van der Waals surface area contributed by atoms with Crippen molar-refractivity contribution in [3.63, 3.8) is 0 Å². The Morgan fingerprint density at radius 2 is 2.00 bits per heavy atom. The molecule has 1 heterocycles. The van der Waals surface area contributed by atoms with Crippen LogP contribution >= 0.6 is 11.8 Å². The molecule has 4 heteroatoms. The molecule has 1 atom stereocenters. The van der Waals surface area contributed by atoms with Crippen molar-refractivity contribution in [3.05, 3.63) is 0 Å². The smallest absolute Gasteiger partial charge is 0.224 e. The molecular weight excluding hydrogens is 222 g/mol. The van der Waals surface area contributed by atoms with Gasteiger partial charge in [0.15, 0.2) is 5.12 Å². The first-order valence-corrected chi connectivity index (χ1v) is 7.01. The summed E-state index contributed by atoms with van der Waals surface area (Å²) >= 11 is 1.33. The zero-order chi connectivity index (χ0) is 11.5. The predicted molar refractivity (Wildman–Crippen MR) is 65.3 cm³/mol. The maximum Gasteiger partial charge on any atom is 0.224 e. The van der Waals surface area contributed by atoms with Crippen LogP contribution < -0.4 is 0 Å². The highest BCUT2D eigenvalue weighted by Crippen LogP contribution is 2.30. The minimum Gasteiger partial charge on any atom is -0.339 e. The lowest BCUT2D eigenvalue weighted by atomic mass is 9.94. The zero-order valence-corrected chi connectivity index (χ0v) is 10.6. The molecule has 0 radical (unpaired) electrons. The summed E-state index contributed by atoms with van der Waals surface area (Å²) in [5.41, 5.74) is 0. The normalized spacial score (nSPS) is 27.4. The zero-order valence-electron chi connectivity index (χ0n) is 9.78. The molecule has 0 N–H and O–H groups in total. The maximum atomic E-state index is 11.9. The molecule has 16 heavy (non-hydrogen) atoms. The van der Waals surface area contributed by atoms with Crippen molar-refractivity contribution in [3.8, 4) is 0 Å². The average molecular weight is 241 g/mol. The van der Waals surface area contributed by atoms with E-state index in [1.54, 1.807) is 6.92 Å². The van der Waals surface area contributed by atoms with Crippen LogP contribution in [0.15, 0.2) is 0 Å². The van der Waals surface area contributed by atoms with Crippen LogP contribution in [0.5, 0.6) is 0 Å². The Hall–Kier alpha value is -0.510. The topological polar surface area (TPSA) is 37.4 Å². The molecule has 3 nitrogen and oxygen atoms in total. The lowest BCUT2D eigenvalue weighted by molar-refractivity contribution is -0.130. The number of amides is 1. The molecule has 90 valence electrons. The van der Waals surface area contributed by atoms with Crippen molar-refractivity contribution >= 4 is 22.8 Å². The monoisotopic (exact) mass is 241 g/mol. The number of hydrogen-bond acceptors (Lipinski definition) is 3. The van der Waals surface area contributed by atoms with Gasteiger partial charge in [0, 0.05) is 31.2 Å². The van der Waals surface area contributed by atoms with E-state index in [2.05, 4.69) is 0 Å². The van der Waals surface area contributed by atoms with Gasteiger partial charge in [-0.1, -0.05) is 31.0 Å². The standard InChI is InChI=1S/C12H19NO2S/c1-9(14)16-11-7-12(15)13(8-11)10-5-3-2-4-6-10/h10-11H,2-8H2,1H3. The molecule has 0 aromatic heterocycles. The fourth-order valence-corrected chi connectivity index (χ4v) is 3.69. The molecule has 1 saturated carbocycles. The number of thioether (sulfide) groups is 1. The van der Waals surface area contributed by atoms with Gasteiger partial charge < -0.3 is 4.90 Å². The van der Waals surface area contributed by atoms with Gasteiger partial charge in [-0.15, -0.1) is 0 Å². The van der Waals surface area contributed by atoms with E-state index in [9.17, 15) is 9.59 Å². The predicted octanol–water partition coefficient (Wildman–Crippen LogP) is 2.20. The highest BCUT2D eigenvalue weighted by atomic mass is 32.2. The van der Waals surface area contributed by atoms with Crippen LogP contribution in [-0.4, -0.2) is 33.8 Å². The largest absolute Gasteiger partial charge is 0.339 e. The highest BCUT2D eigenvalue weighted by Gasteiger charge is 2.35. The van der Waals surface area contributed by atoms with Gasteiger partial charge in [-0.25, -0.2) is 0 Å². The van der Waals surface area contributed by atoms with E-state index in [1.807, 2.05) is 4.90 Å². The van der Waals surface area contributed by atoms with E-state index >= 15 is 0 Å². The molecule has 2 rings (SSSR count). The minimum absolute atomic E-state index is 0.128. The first-order valence-electron chi connectivity index (χ1n) is 6.13. The Bertz CT molecular complexity index is 287. The van der Waals surface area contributed by atoms with E-state index in [4.69, 9.17) is 0 Å². The molecule has 1 amide bonds. The summed E-state index contributed by atoms with van der Waals surface area (Å²) in [6.07, 6.45) is 6.68. The summed E-state index contributed by atoms with van der Waals surface area (Å²) in [5, 5.41) is 0.329. The van der Waals surface area contributed by atoms with Crippen LogP contribution in [-0.2, 0) is 9.59 Å². The summed E-state index contributed by atoms with van der Waals surface area (Å²) in [7, 11) is 0. The molecule has 1 saturated heterocycles. The molecule has 2 fully saturated rings. The summed E-state index contributed by atoms with van der Waals surface area (Å²) in [4.78, 5) is 24.9. The molecule has 1 unspecified atom stereocenters. The van der Waals surface area contributed by atoms with Gasteiger partial charge in [-0.05, 0) is 12.8 Å². The van der Waals surface area contributed by atoms with Crippen molar-refractivity contribution in [1.29, 1.82) is 0 Å². The lowest BCUT2D eigenvalue weighted by Gasteiger charge is -2.31. The van der Waals surface area contributed by atoms with E-state index in [0.717, 1.165) is 19.4 Å². The Labute approximate surface area is 101 Å². The van der Waals surface area contributed by atoms with E-state index in [0.29, 0.717) is 12.5 Å². The van der Waals surface area contributed by atoms with Crippen molar-refractivity contribution < 1.29 is 9.59 Å². The van der Waals surface area contributed by atoms with E-state index < -0.39 is 0 Å². The Morgan fingerprint density at radius 3 is 2.62 bits per heavy atom. The van der Waals surface area contributed by atoms with Crippen LogP contribution in [0.2, 0.25) is 0 Å². The van der Waals surface area contributed by atoms with E-state index in [1.165, 1.54) is 31.0 Å². The molecule has 0 aromatic rings. The van der Waals surface area contributed by atoms with Crippen LogP contribution in [0.1, 0.15) is 45.4 Å². The first-order chi connectivity index (χ1) is 7.66. The van der Waals surface area contributed by atoms with Gasteiger partial charge >= 0.3 is 0 Å². The first kappa shape index (κ1) is 12.0. The summed E-state index contributed by atoms with van der Waals surface area (Å²) in [5.74, 6) is 0.255. The van der Waals surface area contributed by atoms with Crippen LogP contribution in [0.4, 0.5) is 0 Å². The molecule has 0 spiro atoms. The number of likely N-dealkylation sites (tertiary alicyclic amines) is 1. The number of hydrogen-bond donors (Lipinski definition) is 0. The average Bonchev–Trinajstić information content (AvgIpc) is 2.60. The third-order valence-corrected chi connectivity index (χ3v) is 4.45. The minimum atomic E-state index is 0.128. The molecule has 0 bridgehead atoms. The number of carbonyl (C=O) groups is 2. The second kappa shape index (κ2) is 5.21. The highest BCUT2D eigenvalue weighted by molar-refractivity contribution is 8.14. The van der Waals surface area contributed by atoms with Crippen molar-refractivity contribution in [2.24, 2.45) is 0 Å². The van der Waals surface area contributed by atoms with Gasteiger partial charge in [0.05, 0.1) is 0 Å². The van der Waals surface area contributed by atoms with E-state index in [-0.39, 0.29) is 16.3 Å². The summed E-state index contributed by atoms with van der Waals surface area (Å²) < 4.78 is 0. The van der Waals surface area contributed by atoms with Gasteiger partial charge in [0.2, 0.25) is 5.91 Å². The van der Waals surface area contributed by atoms with Gasteiger partial charge in [-0.2, -0.15) is 0 Å². The molecule has 1 aliphatic heterocycles. The van der Waals surface area contributed by atoms with Crippen molar-refractivity contribution in [1.82, 2.24) is 4.90 Å². The molecular formula is C12H19NO2S. The van der Waals surface area contributed by atoms with Gasteiger partial charge in [0.1, 0.15) is 0 Å².